The SMILES string of the molecule is COc1cc(S(=O)(=O)N2CCOCC2C)ccc1N. The molecule has 1 unspecified atom stereocenters. The monoisotopic (exact) mass is 286 g/mol. The maximum Gasteiger partial charge on any atom is 0.243 e. The molecule has 0 amide bonds. The van der Waals surface area contributed by atoms with Gasteiger partial charge in [0.15, 0.2) is 0 Å². The molecule has 1 aliphatic heterocycles. The lowest BCUT2D eigenvalue weighted by Crippen LogP contribution is -2.46. The highest BCUT2D eigenvalue weighted by Gasteiger charge is 2.31. The molecule has 0 aliphatic carbocycles. The van der Waals surface area contributed by atoms with E-state index in [2.05, 4.69) is 0 Å². The number of methoxy groups -OCH3 is 1. The van der Waals surface area contributed by atoms with Crippen LogP contribution in [0.25, 0.3) is 0 Å². The summed E-state index contributed by atoms with van der Waals surface area (Å²) in [7, 11) is -2.09. The Morgan fingerprint density at radius 1 is 1.47 bits per heavy atom. The van der Waals surface area contributed by atoms with E-state index in [4.69, 9.17) is 15.2 Å². The zero-order valence-electron chi connectivity index (χ0n) is 11.0. The summed E-state index contributed by atoms with van der Waals surface area (Å²) in [5, 5.41) is 0. The predicted molar refractivity (Wildman–Crippen MR) is 71.6 cm³/mol. The van der Waals surface area contributed by atoms with E-state index >= 15 is 0 Å². The Labute approximate surface area is 113 Å². The van der Waals surface area contributed by atoms with Crippen LogP contribution >= 0.6 is 0 Å². The Bertz CT molecular complexity index is 559. The number of ether oxygens (including phenoxy) is 2. The first-order chi connectivity index (χ1) is 8.96. The van der Waals surface area contributed by atoms with Gasteiger partial charge < -0.3 is 15.2 Å². The average molecular weight is 286 g/mol. The number of nitrogens with two attached hydrogens (primary N) is 1. The number of benzene rings is 1. The number of hydrogen-bond acceptors (Lipinski definition) is 5. The first kappa shape index (κ1) is 14.1. The van der Waals surface area contributed by atoms with Crippen LogP contribution in [0, 0.1) is 0 Å². The van der Waals surface area contributed by atoms with Crippen LogP contribution < -0.4 is 10.5 Å². The van der Waals surface area contributed by atoms with Crippen LogP contribution in [0.1, 0.15) is 6.92 Å². The van der Waals surface area contributed by atoms with E-state index < -0.39 is 10.0 Å². The van der Waals surface area contributed by atoms with Gasteiger partial charge in [-0.3, -0.25) is 0 Å². The first-order valence-electron chi connectivity index (χ1n) is 6.00. The minimum atomic E-state index is -3.54. The van der Waals surface area contributed by atoms with Crippen molar-refractivity contribution in [3.8, 4) is 5.75 Å². The summed E-state index contributed by atoms with van der Waals surface area (Å²) in [6, 6.07) is 4.31. The maximum atomic E-state index is 12.6. The van der Waals surface area contributed by atoms with Gasteiger partial charge in [-0.1, -0.05) is 0 Å². The van der Waals surface area contributed by atoms with Crippen LogP contribution in [-0.2, 0) is 14.8 Å². The smallest absolute Gasteiger partial charge is 0.243 e. The number of anilines is 1. The third-order valence-corrected chi connectivity index (χ3v) is 5.13. The van der Waals surface area contributed by atoms with Crippen LogP contribution in [0.15, 0.2) is 23.1 Å². The summed E-state index contributed by atoms with van der Waals surface area (Å²) in [5.74, 6) is 0.363. The zero-order valence-corrected chi connectivity index (χ0v) is 11.8. The molecule has 1 aliphatic rings. The Balaban J connectivity index is 2.38. The molecule has 0 spiro atoms. The topological polar surface area (TPSA) is 81.9 Å². The molecule has 1 saturated heterocycles. The van der Waals surface area contributed by atoms with E-state index in [9.17, 15) is 8.42 Å². The standard InChI is InChI=1S/C12H18N2O4S/c1-9-8-18-6-5-14(9)19(15,16)10-3-4-11(13)12(7-10)17-2/h3-4,7,9H,5-6,8,13H2,1-2H3. The second-order valence-corrected chi connectivity index (χ2v) is 6.33. The van der Waals surface area contributed by atoms with Gasteiger partial charge in [0.25, 0.3) is 0 Å². The van der Waals surface area contributed by atoms with Gasteiger partial charge in [0, 0.05) is 18.7 Å². The number of morpholine rings is 1. The minimum absolute atomic E-state index is 0.178. The zero-order chi connectivity index (χ0) is 14.0. The van der Waals surface area contributed by atoms with Gasteiger partial charge in [0.1, 0.15) is 5.75 Å². The second kappa shape index (κ2) is 5.36. The van der Waals surface area contributed by atoms with Gasteiger partial charge in [-0.15, -0.1) is 0 Å². The van der Waals surface area contributed by atoms with Crippen molar-refractivity contribution in [3.63, 3.8) is 0 Å². The highest BCUT2D eigenvalue weighted by Crippen LogP contribution is 2.28. The largest absolute Gasteiger partial charge is 0.495 e. The highest BCUT2D eigenvalue weighted by atomic mass is 32.2. The normalized spacial score (nSPS) is 21.3. The Hall–Kier alpha value is -1.31. The molecular weight excluding hydrogens is 268 g/mol. The first-order valence-corrected chi connectivity index (χ1v) is 7.44. The van der Waals surface area contributed by atoms with Crippen molar-refractivity contribution in [1.29, 1.82) is 0 Å². The van der Waals surface area contributed by atoms with Crippen LogP contribution in [0.4, 0.5) is 5.69 Å². The van der Waals surface area contributed by atoms with Gasteiger partial charge in [0.2, 0.25) is 10.0 Å². The molecular formula is C12H18N2O4S. The predicted octanol–water partition coefficient (Wildman–Crippen LogP) is 0.687. The number of hydrogen-bond donors (Lipinski definition) is 1. The fourth-order valence-electron chi connectivity index (χ4n) is 2.06. The third kappa shape index (κ3) is 2.68. The van der Waals surface area contributed by atoms with E-state index in [1.807, 2.05) is 6.92 Å². The van der Waals surface area contributed by atoms with E-state index in [-0.39, 0.29) is 10.9 Å². The molecule has 0 saturated carbocycles. The van der Waals surface area contributed by atoms with Crippen molar-refractivity contribution < 1.29 is 17.9 Å². The van der Waals surface area contributed by atoms with Crippen molar-refractivity contribution >= 4 is 15.7 Å². The maximum absolute atomic E-state index is 12.6. The van der Waals surface area contributed by atoms with Crippen LogP contribution in [-0.4, -0.2) is 45.6 Å². The van der Waals surface area contributed by atoms with Crippen LogP contribution in [0.3, 0.4) is 0 Å². The summed E-state index contributed by atoms with van der Waals surface area (Å²) in [6.45, 7) is 3.00. The Morgan fingerprint density at radius 2 is 2.21 bits per heavy atom. The molecule has 6 nitrogen and oxygen atoms in total. The highest BCUT2D eigenvalue weighted by molar-refractivity contribution is 7.89. The molecule has 2 rings (SSSR count). The van der Waals surface area contributed by atoms with Crippen LogP contribution in [0.5, 0.6) is 5.75 Å². The van der Waals surface area contributed by atoms with E-state index in [1.54, 1.807) is 0 Å². The average Bonchev–Trinajstić information content (AvgIpc) is 2.39. The fraction of sp³-hybridized carbons (Fsp3) is 0.500. The van der Waals surface area contributed by atoms with Gasteiger partial charge in [-0.2, -0.15) is 4.31 Å². The molecule has 1 heterocycles. The van der Waals surface area contributed by atoms with Gasteiger partial charge in [-0.25, -0.2) is 8.42 Å². The Kier molecular flexibility index (Phi) is 3.98. The number of nitrogens with zero attached hydrogens (tertiary/aromatic N) is 1. The molecule has 19 heavy (non-hydrogen) atoms. The second-order valence-electron chi connectivity index (χ2n) is 4.44. The molecule has 2 N–H and O–H groups in total. The molecule has 1 aromatic carbocycles. The van der Waals surface area contributed by atoms with Crippen molar-refractivity contribution in [2.24, 2.45) is 0 Å². The summed E-state index contributed by atoms with van der Waals surface area (Å²) in [6.07, 6.45) is 0. The number of sulfonamides is 1. The van der Waals surface area contributed by atoms with Crippen molar-refractivity contribution in [3.05, 3.63) is 18.2 Å². The van der Waals surface area contributed by atoms with Crippen LogP contribution in [0.2, 0.25) is 0 Å². The summed E-state index contributed by atoms with van der Waals surface area (Å²) >= 11 is 0. The quantitative estimate of drug-likeness (QED) is 0.827. The fourth-order valence-corrected chi connectivity index (χ4v) is 3.67. The summed E-state index contributed by atoms with van der Waals surface area (Å²) in [5.41, 5.74) is 6.11. The molecule has 0 radical (unpaired) electrons. The summed E-state index contributed by atoms with van der Waals surface area (Å²) < 4.78 is 36.9. The molecule has 1 aromatic rings. The molecule has 1 atom stereocenters. The lowest BCUT2D eigenvalue weighted by atomic mass is 10.3. The lowest BCUT2D eigenvalue weighted by Gasteiger charge is -2.32. The Morgan fingerprint density at radius 3 is 2.84 bits per heavy atom. The minimum Gasteiger partial charge on any atom is -0.495 e. The van der Waals surface area contributed by atoms with Crippen molar-refractivity contribution in [2.45, 2.75) is 17.9 Å². The molecule has 1 fully saturated rings. The molecule has 0 bridgehead atoms. The van der Waals surface area contributed by atoms with E-state index in [1.165, 1.54) is 29.6 Å². The van der Waals surface area contributed by atoms with E-state index in [0.717, 1.165) is 0 Å². The number of nitrogen functional groups attached to an aromatic ring is 1. The third-order valence-electron chi connectivity index (χ3n) is 3.12. The molecule has 0 aromatic heterocycles. The van der Waals surface area contributed by atoms with Crippen molar-refractivity contribution in [2.75, 3.05) is 32.6 Å². The van der Waals surface area contributed by atoms with Gasteiger partial charge >= 0.3 is 0 Å². The molecule has 106 valence electrons. The van der Waals surface area contributed by atoms with Crippen molar-refractivity contribution in [1.82, 2.24) is 4.31 Å². The van der Waals surface area contributed by atoms with E-state index in [0.29, 0.717) is 31.2 Å². The molecule has 7 heteroatoms. The van der Waals surface area contributed by atoms with Gasteiger partial charge in [-0.05, 0) is 19.1 Å². The van der Waals surface area contributed by atoms with Gasteiger partial charge in [0.05, 0.1) is 30.9 Å². The lowest BCUT2D eigenvalue weighted by molar-refractivity contribution is 0.0392. The summed E-state index contributed by atoms with van der Waals surface area (Å²) in [4.78, 5) is 0.187. The number of rotatable bonds is 3.